The maximum Gasteiger partial charge on any atom is 0.240 e. The zero-order chi connectivity index (χ0) is 16.9. The van der Waals surface area contributed by atoms with E-state index in [1.54, 1.807) is 19.2 Å². The predicted molar refractivity (Wildman–Crippen MR) is 89.4 cm³/mol. The van der Waals surface area contributed by atoms with Gasteiger partial charge in [-0.3, -0.25) is 0 Å². The molecule has 2 rings (SSSR count). The molecule has 0 aliphatic rings. The molecule has 0 heterocycles. The van der Waals surface area contributed by atoms with Crippen molar-refractivity contribution in [2.45, 2.75) is 24.8 Å². The lowest BCUT2D eigenvalue weighted by Gasteiger charge is -2.12. The molecule has 0 atom stereocenters. The van der Waals surface area contributed by atoms with E-state index in [1.807, 2.05) is 25.1 Å². The molecule has 5 nitrogen and oxygen atoms in total. The number of hydrogen-bond acceptors (Lipinski definition) is 4. The number of methoxy groups -OCH3 is 2. The molecule has 23 heavy (non-hydrogen) atoms. The Bertz CT molecular complexity index is 755. The summed E-state index contributed by atoms with van der Waals surface area (Å²) in [5, 5.41) is 0. The van der Waals surface area contributed by atoms with Gasteiger partial charge in [-0.15, -0.1) is 0 Å². The van der Waals surface area contributed by atoms with E-state index in [9.17, 15) is 8.42 Å². The first-order valence-electron chi connectivity index (χ1n) is 7.29. The van der Waals surface area contributed by atoms with E-state index in [2.05, 4.69) is 4.72 Å². The zero-order valence-corrected chi connectivity index (χ0v) is 14.3. The summed E-state index contributed by atoms with van der Waals surface area (Å²) in [6.07, 6.45) is 0.877. The minimum absolute atomic E-state index is 0.172. The summed E-state index contributed by atoms with van der Waals surface area (Å²) < 4.78 is 37.7. The third-order valence-electron chi connectivity index (χ3n) is 3.58. The van der Waals surface area contributed by atoms with Crippen LogP contribution in [0.5, 0.6) is 11.5 Å². The van der Waals surface area contributed by atoms with E-state index >= 15 is 0 Å². The third kappa shape index (κ3) is 4.24. The van der Waals surface area contributed by atoms with Crippen LogP contribution in [-0.4, -0.2) is 22.6 Å². The van der Waals surface area contributed by atoms with Crippen molar-refractivity contribution in [2.75, 3.05) is 14.2 Å². The molecular weight excluding hydrogens is 314 g/mol. The van der Waals surface area contributed by atoms with Crippen LogP contribution in [0.3, 0.4) is 0 Å². The van der Waals surface area contributed by atoms with Gasteiger partial charge >= 0.3 is 0 Å². The molecule has 0 radical (unpaired) electrons. The molecule has 0 unspecified atom stereocenters. The molecule has 0 aromatic heterocycles. The second kappa shape index (κ2) is 7.48. The molecule has 2 aromatic carbocycles. The summed E-state index contributed by atoms with van der Waals surface area (Å²) >= 11 is 0. The van der Waals surface area contributed by atoms with Gasteiger partial charge in [0.05, 0.1) is 19.1 Å². The van der Waals surface area contributed by atoms with Crippen molar-refractivity contribution in [3.8, 4) is 11.5 Å². The number of nitrogens with one attached hydrogen (secondary N) is 1. The maximum atomic E-state index is 12.4. The Morgan fingerprint density at radius 1 is 1.00 bits per heavy atom. The smallest absolute Gasteiger partial charge is 0.240 e. The number of sulfonamides is 1. The average molecular weight is 335 g/mol. The second-order valence-electron chi connectivity index (χ2n) is 5.00. The largest absolute Gasteiger partial charge is 0.497 e. The molecule has 0 aliphatic carbocycles. The molecule has 0 saturated carbocycles. The van der Waals surface area contributed by atoms with Gasteiger partial charge < -0.3 is 9.47 Å². The summed E-state index contributed by atoms with van der Waals surface area (Å²) in [6.45, 7) is 2.22. The summed E-state index contributed by atoms with van der Waals surface area (Å²) in [4.78, 5) is 0.198. The Hall–Kier alpha value is -2.05. The Kier molecular flexibility index (Phi) is 5.63. The van der Waals surface area contributed by atoms with E-state index in [0.29, 0.717) is 11.5 Å². The zero-order valence-electron chi connectivity index (χ0n) is 13.5. The lowest BCUT2D eigenvalue weighted by atomic mass is 10.1. The average Bonchev–Trinajstić information content (AvgIpc) is 2.59. The van der Waals surface area contributed by atoms with Crippen molar-refractivity contribution in [3.05, 3.63) is 53.6 Å². The second-order valence-corrected chi connectivity index (χ2v) is 6.77. The molecule has 0 saturated heterocycles. The number of benzene rings is 2. The fraction of sp³-hybridized carbons (Fsp3) is 0.294. The van der Waals surface area contributed by atoms with Gasteiger partial charge in [0.1, 0.15) is 11.5 Å². The van der Waals surface area contributed by atoms with Crippen molar-refractivity contribution in [1.82, 2.24) is 4.72 Å². The van der Waals surface area contributed by atoms with Crippen molar-refractivity contribution in [3.63, 3.8) is 0 Å². The minimum atomic E-state index is -3.59. The number of aryl methyl sites for hydroxylation is 1. The standard InChI is InChI=1S/C17H21NO4S/c1-4-13-5-10-17(22-3)14(11-13)12-18-23(19,20)16-8-6-15(21-2)7-9-16/h5-11,18H,4,12H2,1-3H3. The normalized spacial score (nSPS) is 11.3. The Balaban J connectivity index is 2.18. The number of ether oxygens (including phenoxy) is 2. The van der Waals surface area contributed by atoms with Crippen LogP contribution >= 0.6 is 0 Å². The van der Waals surface area contributed by atoms with E-state index in [0.717, 1.165) is 17.5 Å². The minimum Gasteiger partial charge on any atom is -0.497 e. The Morgan fingerprint density at radius 2 is 1.70 bits per heavy atom. The summed E-state index contributed by atoms with van der Waals surface area (Å²) in [6, 6.07) is 12.0. The van der Waals surface area contributed by atoms with Crippen LogP contribution in [-0.2, 0) is 23.0 Å². The third-order valence-corrected chi connectivity index (χ3v) is 4.99. The molecule has 0 amide bonds. The van der Waals surface area contributed by atoms with Gasteiger partial charge in [0.25, 0.3) is 0 Å². The van der Waals surface area contributed by atoms with Crippen LogP contribution in [0.1, 0.15) is 18.1 Å². The fourth-order valence-corrected chi connectivity index (χ4v) is 3.21. The first-order valence-corrected chi connectivity index (χ1v) is 8.78. The highest BCUT2D eigenvalue weighted by Gasteiger charge is 2.15. The number of hydrogen-bond donors (Lipinski definition) is 1. The summed E-state index contributed by atoms with van der Waals surface area (Å²) in [5.41, 5.74) is 1.94. The monoisotopic (exact) mass is 335 g/mol. The van der Waals surface area contributed by atoms with E-state index < -0.39 is 10.0 Å². The quantitative estimate of drug-likeness (QED) is 0.845. The molecule has 0 bridgehead atoms. The van der Waals surface area contributed by atoms with Gasteiger partial charge in [-0.25, -0.2) is 13.1 Å². The van der Waals surface area contributed by atoms with Crippen molar-refractivity contribution < 1.29 is 17.9 Å². The molecule has 2 aromatic rings. The molecule has 1 N–H and O–H groups in total. The van der Waals surface area contributed by atoms with E-state index in [4.69, 9.17) is 9.47 Å². The van der Waals surface area contributed by atoms with Gasteiger partial charge in [0.15, 0.2) is 0 Å². The highest BCUT2D eigenvalue weighted by molar-refractivity contribution is 7.89. The van der Waals surface area contributed by atoms with Crippen molar-refractivity contribution in [1.29, 1.82) is 0 Å². The van der Waals surface area contributed by atoms with Crippen LogP contribution in [0.25, 0.3) is 0 Å². The van der Waals surface area contributed by atoms with Crippen molar-refractivity contribution >= 4 is 10.0 Å². The lowest BCUT2D eigenvalue weighted by molar-refractivity contribution is 0.409. The van der Waals surface area contributed by atoms with Crippen LogP contribution < -0.4 is 14.2 Å². The fourth-order valence-electron chi connectivity index (χ4n) is 2.20. The van der Waals surface area contributed by atoms with Crippen LogP contribution in [0.15, 0.2) is 47.4 Å². The van der Waals surface area contributed by atoms with Gasteiger partial charge in [-0.05, 0) is 42.3 Å². The summed E-state index contributed by atoms with van der Waals surface area (Å²) in [7, 11) is -0.481. The first kappa shape index (κ1) is 17.3. The first-order chi connectivity index (χ1) is 11.0. The highest BCUT2D eigenvalue weighted by atomic mass is 32.2. The van der Waals surface area contributed by atoms with E-state index in [-0.39, 0.29) is 11.4 Å². The topological polar surface area (TPSA) is 64.6 Å². The molecule has 124 valence electrons. The van der Waals surface area contributed by atoms with Crippen molar-refractivity contribution in [2.24, 2.45) is 0 Å². The van der Waals surface area contributed by atoms with Gasteiger partial charge in [-0.1, -0.05) is 19.1 Å². The summed E-state index contributed by atoms with van der Waals surface area (Å²) in [5.74, 6) is 1.28. The molecule has 0 aliphatic heterocycles. The molecule has 0 fully saturated rings. The lowest BCUT2D eigenvalue weighted by Crippen LogP contribution is -2.23. The Labute approximate surface area is 137 Å². The van der Waals surface area contributed by atoms with Crippen LogP contribution in [0, 0.1) is 0 Å². The van der Waals surface area contributed by atoms with Crippen LogP contribution in [0.2, 0.25) is 0 Å². The molecular formula is C17H21NO4S. The Morgan fingerprint density at radius 3 is 2.26 bits per heavy atom. The molecule has 0 spiro atoms. The van der Waals surface area contributed by atoms with Crippen LogP contribution in [0.4, 0.5) is 0 Å². The van der Waals surface area contributed by atoms with Gasteiger partial charge in [-0.2, -0.15) is 0 Å². The van der Waals surface area contributed by atoms with Gasteiger partial charge in [0.2, 0.25) is 10.0 Å². The van der Waals surface area contributed by atoms with Gasteiger partial charge in [0, 0.05) is 12.1 Å². The maximum absolute atomic E-state index is 12.4. The highest BCUT2D eigenvalue weighted by Crippen LogP contribution is 2.21. The molecule has 6 heteroatoms. The predicted octanol–water partition coefficient (Wildman–Crippen LogP) is 2.74. The SMILES string of the molecule is CCc1ccc(OC)c(CNS(=O)(=O)c2ccc(OC)cc2)c1. The van der Waals surface area contributed by atoms with E-state index in [1.165, 1.54) is 19.2 Å². The number of rotatable bonds is 7.